The second-order valence-electron chi connectivity index (χ2n) is 4.44. The topological polar surface area (TPSA) is 50.3 Å². The van der Waals surface area contributed by atoms with E-state index in [1.807, 2.05) is 13.2 Å². The summed E-state index contributed by atoms with van der Waals surface area (Å²) in [7, 11) is 3.97. The Kier molecular flexibility index (Phi) is 3.91. The van der Waals surface area contributed by atoms with E-state index in [9.17, 15) is 0 Å². The number of hydrogen-bond donors (Lipinski definition) is 1. The van der Waals surface area contributed by atoms with Crippen molar-refractivity contribution in [2.75, 3.05) is 25.6 Å². The van der Waals surface area contributed by atoms with Crippen LogP contribution in [0.3, 0.4) is 0 Å². The summed E-state index contributed by atoms with van der Waals surface area (Å²) in [6.45, 7) is 3.68. The maximum atomic E-state index is 5.58. The molecule has 1 fully saturated rings. The monoisotopic (exact) mass is 236 g/mol. The van der Waals surface area contributed by atoms with Gasteiger partial charge in [-0.1, -0.05) is 0 Å². The molecule has 1 aliphatic rings. The Morgan fingerprint density at radius 3 is 3.00 bits per heavy atom. The Morgan fingerprint density at radius 1 is 1.53 bits per heavy atom. The lowest BCUT2D eigenvalue weighted by Gasteiger charge is -2.27. The third-order valence-electron chi connectivity index (χ3n) is 3.22. The van der Waals surface area contributed by atoms with Crippen molar-refractivity contribution in [2.24, 2.45) is 0 Å². The van der Waals surface area contributed by atoms with Gasteiger partial charge in [-0.25, -0.2) is 4.98 Å². The molecule has 0 amide bonds. The van der Waals surface area contributed by atoms with Crippen LogP contribution in [-0.2, 0) is 11.3 Å². The van der Waals surface area contributed by atoms with Crippen LogP contribution < -0.4 is 10.2 Å². The van der Waals surface area contributed by atoms with Crippen molar-refractivity contribution in [3.63, 3.8) is 0 Å². The second kappa shape index (κ2) is 5.42. The van der Waals surface area contributed by atoms with Crippen LogP contribution in [0, 0.1) is 0 Å². The first-order valence-electron chi connectivity index (χ1n) is 6.02. The first-order chi connectivity index (χ1) is 8.22. The van der Waals surface area contributed by atoms with Gasteiger partial charge in [0.1, 0.15) is 5.82 Å². The Morgan fingerprint density at radius 2 is 2.35 bits per heavy atom. The van der Waals surface area contributed by atoms with Gasteiger partial charge in [0.15, 0.2) is 0 Å². The lowest BCUT2D eigenvalue weighted by atomic mass is 10.1. The molecule has 2 unspecified atom stereocenters. The number of rotatable bonds is 4. The van der Waals surface area contributed by atoms with Gasteiger partial charge in [0, 0.05) is 26.4 Å². The molecular weight excluding hydrogens is 216 g/mol. The summed E-state index contributed by atoms with van der Waals surface area (Å²) >= 11 is 0. The Labute approximate surface area is 102 Å². The minimum absolute atomic E-state index is 0.259. The summed E-state index contributed by atoms with van der Waals surface area (Å²) < 4.78 is 5.58. The van der Waals surface area contributed by atoms with Crippen LogP contribution in [0.25, 0.3) is 0 Å². The molecule has 2 heterocycles. The first kappa shape index (κ1) is 12.3. The third-order valence-corrected chi connectivity index (χ3v) is 3.22. The standard InChI is InChI=1S/C12H20N4O/c1-9-11(4-5-17-9)16(3)12-8-14-7-10(15-12)6-13-2/h7-9,11,13H,4-6H2,1-3H3. The van der Waals surface area contributed by atoms with E-state index in [0.29, 0.717) is 6.04 Å². The van der Waals surface area contributed by atoms with Gasteiger partial charge in [-0.2, -0.15) is 0 Å². The zero-order valence-electron chi connectivity index (χ0n) is 10.7. The number of likely N-dealkylation sites (N-methyl/N-ethyl adjacent to an activating group) is 1. The molecule has 0 spiro atoms. The van der Waals surface area contributed by atoms with Gasteiger partial charge in [0.25, 0.3) is 0 Å². The normalized spacial score (nSPS) is 23.9. The second-order valence-corrected chi connectivity index (χ2v) is 4.44. The molecular formula is C12H20N4O. The molecule has 0 bridgehead atoms. The van der Waals surface area contributed by atoms with Crippen LogP contribution in [0.1, 0.15) is 19.0 Å². The summed E-state index contributed by atoms with van der Waals surface area (Å²) in [4.78, 5) is 11.0. The zero-order chi connectivity index (χ0) is 12.3. The van der Waals surface area contributed by atoms with Gasteiger partial charge in [0.2, 0.25) is 0 Å². The number of hydrogen-bond acceptors (Lipinski definition) is 5. The van der Waals surface area contributed by atoms with Crippen molar-refractivity contribution >= 4 is 5.82 Å². The molecule has 0 saturated carbocycles. The van der Waals surface area contributed by atoms with Gasteiger partial charge >= 0.3 is 0 Å². The molecule has 5 heteroatoms. The average Bonchev–Trinajstić information content (AvgIpc) is 2.75. The van der Waals surface area contributed by atoms with Gasteiger partial charge in [-0.05, 0) is 20.4 Å². The third kappa shape index (κ3) is 2.73. The maximum absolute atomic E-state index is 5.58. The van der Waals surface area contributed by atoms with E-state index in [4.69, 9.17) is 4.74 Å². The highest BCUT2D eigenvalue weighted by Gasteiger charge is 2.28. The molecule has 1 N–H and O–H groups in total. The van der Waals surface area contributed by atoms with Crippen LogP contribution >= 0.6 is 0 Å². The lowest BCUT2D eigenvalue weighted by Crippen LogP contribution is -2.37. The van der Waals surface area contributed by atoms with Gasteiger partial charge < -0.3 is 15.0 Å². The highest BCUT2D eigenvalue weighted by molar-refractivity contribution is 5.37. The zero-order valence-corrected chi connectivity index (χ0v) is 10.7. The van der Waals surface area contributed by atoms with Crippen LogP contribution in [0.5, 0.6) is 0 Å². The summed E-state index contributed by atoms with van der Waals surface area (Å²) in [5.74, 6) is 0.917. The van der Waals surface area contributed by atoms with E-state index in [1.54, 1.807) is 6.20 Å². The molecule has 1 aromatic heterocycles. The van der Waals surface area contributed by atoms with Crippen LogP contribution in [-0.4, -0.2) is 42.8 Å². The number of ether oxygens (including phenoxy) is 1. The molecule has 17 heavy (non-hydrogen) atoms. The molecule has 1 saturated heterocycles. The van der Waals surface area contributed by atoms with Crippen molar-refractivity contribution in [2.45, 2.75) is 32.0 Å². The van der Waals surface area contributed by atoms with E-state index >= 15 is 0 Å². The average molecular weight is 236 g/mol. The number of nitrogens with zero attached hydrogens (tertiary/aromatic N) is 3. The SMILES string of the molecule is CNCc1cncc(N(C)C2CCOC2C)n1. The molecule has 2 rings (SSSR count). The van der Waals surface area contributed by atoms with Gasteiger partial charge in [-0.15, -0.1) is 0 Å². The largest absolute Gasteiger partial charge is 0.376 e. The first-order valence-corrected chi connectivity index (χ1v) is 6.02. The number of nitrogens with one attached hydrogen (secondary N) is 1. The van der Waals surface area contributed by atoms with Crippen molar-refractivity contribution in [3.05, 3.63) is 18.1 Å². The fourth-order valence-electron chi connectivity index (χ4n) is 2.23. The maximum Gasteiger partial charge on any atom is 0.147 e. The molecule has 94 valence electrons. The molecule has 2 atom stereocenters. The number of aromatic nitrogens is 2. The fraction of sp³-hybridized carbons (Fsp3) is 0.667. The molecule has 0 aromatic carbocycles. The smallest absolute Gasteiger partial charge is 0.147 e. The van der Waals surface area contributed by atoms with Crippen LogP contribution in [0.2, 0.25) is 0 Å². The van der Waals surface area contributed by atoms with Crippen molar-refractivity contribution in [1.29, 1.82) is 0 Å². The van der Waals surface area contributed by atoms with Crippen LogP contribution in [0.15, 0.2) is 12.4 Å². The minimum atomic E-state index is 0.259. The van der Waals surface area contributed by atoms with E-state index in [2.05, 4.69) is 34.2 Å². The van der Waals surface area contributed by atoms with E-state index < -0.39 is 0 Å². The summed E-state index contributed by atoms with van der Waals surface area (Å²) in [5, 5.41) is 3.08. The van der Waals surface area contributed by atoms with Gasteiger partial charge in [0.05, 0.1) is 24.0 Å². The van der Waals surface area contributed by atoms with Gasteiger partial charge in [-0.3, -0.25) is 4.98 Å². The molecule has 1 aliphatic heterocycles. The highest BCUT2D eigenvalue weighted by Crippen LogP contribution is 2.22. The van der Waals surface area contributed by atoms with Crippen molar-refractivity contribution < 1.29 is 4.74 Å². The Bertz CT molecular complexity index is 371. The Balaban J connectivity index is 2.12. The molecule has 1 aromatic rings. The van der Waals surface area contributed by atoms with Crippen molar-refractivity contribution in [1.82, 2.24) is 15.3 Å². The summed E-state index contributed by atoms with van der Waals surface area (Å²) in [6, 6.07) is 0.397. The highest BCUT2D eigenvalue weighted by atomic mass is 16.5. The van der Waals surface area contributed by atoms with Crippen LogP contribution in [0.4, 0.5) is 5.82 Å². The predicted molar refractivity (Wildman–Crippen MR) is 67.0 cm³/mol. The molecule has 0 radical (unpaired) electrons. The number of anilines is 1. The molecule has 5 nitrogen and oxygen atoms in total. The van der Waals surface area contributed by atoms with E-state index in [1.165, 1.54) is 0 Å². The lowest BCUT2D eigenvalue weighted by molar-refractivity contribution is 0.118. The molecule has 0 aliphatic carbocycles. The van der Waals surface area contributed by atoms with Crippen molar-refractivity contribution in [3.8, 4) is 0 Å². The predicted octanol–water partition coefficient (Wildman–Crippen LogP) is 0.810. The quantitative estimate of drug-likeness (QED) is 0.838. The Hall–Kier alpha value is -1.20. The van der Waals surface area contributed by atoms with E-state index in [-0.39, 0.29) is 6.10 Å². The van der Waals surface area contributed by atoms with E-state index in [0.717, 1.165) is 31.1 Å². The minimum Gasteiger partial charge on any atom is -0.376 e. The summed E-state index contributed by atoms with van der Waals surface area (Å²) in [6.07, 6.45) is 4.91. The fourth-order valence-corrected chi connectivity index (χ4v) is 2.23. The summed E-state index contributed by atoms with van der Waals surface area (Å²) in [5.41, 5.74) is 0.961.